The lowest BCUT2D eigenvalue weighted by molar-refractivity contribution is 0.0701. The van der Waals surface area contributed by atoms with Gasteiger partial charge in [-0.2, -0.15) is 0 Å². The Morgan fingerprint density at radius 1 is 1.26 bits per heavy atom. The standard InChI is InChI=1S/C17H16N2O4/c1-16(2)15-17(23-15,19-8-4-3-5-13(19)20)11-9-10(14(18)21)6-7-12(11)22-16/h3-9,15H,1-2H3,(H2,18,21). The summed E-state index contributed by atoms with van der Waals surface area (Å²) in [6.45, 7) is 3.83. The van der Waals surface area contributed by atoms with E-state index in [0.29, 0.717) is 16.9 Å². The number of benzene rings is 1. The highest BCUT2D eigenvalue weighted by atomic mass is 16.7. The molecule has 0 saturated carbocycles. The Labute approximate surface area is 132 Å². The highest BCUT2D eigenvalue weighted by molar-refractivity contribution is 5.93. The number of fused-ring (bicyclic) bond motifs is 3. The SMILES string of the molecule is CC1(C)Oc2ccc(C(N)=O)cc2C2(n3ccccc3=O)OC12. The number of nitrogens with two attached hydrogens (primary N) is 1. The van der Waals surface area contributed by atoms with Crippen molar-refractivity contribution in [2.75, 3.05) is 0 Å². The molecule has 1 saturated heterocycles. The number of ether oxygens (including phenoxy) is 2. The largest absolute Gasteiger partial charge is 0.484 e. The minimum atomic E-state index is -0.957. The molecule has 2 N–H and O–H groups in total. The molecule has 2 atom stereocenters. The van der Waals surface area contributed by atoms with Crippen molar-refractivity contribution in [3.8, 4) is 5.75 Å². The summed E-state index contributed by atoms with van der Waals surface area (Å²) in [5.41, 5.74) is 4.64. The molecule has 118 valence electrons. The average Bonchev–Trinajstić information content (AvgIpc) is 3.25. The molecular formula is C17H16N2O4. The van der Waals surface area contributed by atoms with Crippen LogP contribution in [0.15, 0.2) is 47.4 Å². The van der Waals surface area contributed by atoms with E-state index in [9.17, 15) is 9.59 Å². The second-order valence-corrected chi connectivity index (χ2v) is 6.38. The summed E-state index contributed by atoms with van der Waals surface area (Å²) in [5.74, 6) is 0.0508. The van der Waals surface area contributed by atoms with E-state index in [1.54, 1.807) is 41.1 Å². The minimum absolute atomic E-state index is 0.178. The van der Waals surface area contributed by atoms with Gasteiger partial charge in [0.05, 0.1) is 5.56 Å². The van der Waals surface area contributed by atoms with Gasteiger partial charge in [0.2, 0.25) is 11.6 Å². The molecule has 0 radical (unpaired) electrons. The predicted octanol–water partition coefficient (Wildman–Crippen LogP) is 1.22. The molecule has 1 aromatic carbocycles. The summed E-state index contributed by atoms with van der Waals surface area (Å²) in [6.07, 6.45) is 1.36. The van der Waals surface area contributed by atoms with Crippen molar-refractivity contribution in [3.63, 3.8) is 0 Å². The molecule has 6 heteroatoms. The molecule has 0 spiro atoms. The van der Waals surface area contributed by atoms with Crippen molar-refractivity contribution in [1.29, 1.82) is 0 Å². The van der Waals surface area contributed by atoms with Gasteiger partial charge < -0.3 is 15.2 Å². The fraction of sp³-hybridized carbons (Fsp3) is 0.294. The van der Waals surface area contributed by atoms with E-state index in [2.05, 4.69) is 0 Å². The van der Waals surface area contributed by atoms with Crippen molar-refractivity contribution >= 4 is 5.91 Å². The fourth-order valence-electron chi connectivity index (χ4n) is 3.37. The molecule has 1 fully saturated rings. The van der Waals surface area contributed by atoms with Crippen LogP contribution >= 0.6 is 0 Å². The first kappa shape index (κ1) is 14.0. The lowest BCUT2D eigenvalue weighted by Gasteiger charge is -2.34. The summed E-state index contributed by atoms with van der Waals surface area (Å²) in [4.78, 5) is 23.9. The van der Waals surface area contributed by atoms with Gasteiger partial charge in [-0.05, 0) is 38.1 Å². The fourth-order valence-corrected chi connectivity index (χ4v) is 3.37. The highest BCUT2D eigenvalue weighted by Gasteiger charge is 2.70. The molecule has 6 nitrogen and oxygen atoms in total. The zero-order chi connectivity index (χ0) is 16.4. The van der Waals surface area contributed by atoms with E-state index >= 15 is 0 Å². The van der Waals surface area contributed by atoms with Gasteiger partial charge in [0, 0.05) is 17.8 Å². The highest BCUT2D eigenvalue weighted by Crippen LogP contribution is 2.58. The number of nitrogens with zero attached hydrogens (tertiary/aromatic N) is 1. The van der Waals surface area contributed by atoms with Gasteiger partial charge in [-0.1, -0.05) is 6.07 Å². The lowest BCUT2D eigenvalue weighted by Crippen LogP contribution is -2.47. The maximum atomic E-state index is 12.3. The maximum Gasteiger partial charge on any atom is 0.253 e. The normalized spacial score (nSPS) is 26.6. The Kier molecular flexibility index (Phi) is 2.58. The topological polar surface area (TPSA) is 86.8 Å². The van der Waals surface area contributed by atoms with Gasteiger partial charge in [-0.3, -0.25) is 14.2 Å². The summed E-state index contributed by atoms with van der Waals surface area (Å²) < 4.78 is 13.5. The number of primary amides is 1. The molecular weight excluding hydrogens is 296 g/mol. The first-order valence-corrected chi connectivity index (χ1v) is 7.35. The summed E-state index contributed by atoms with van der Waals surface area (Å²) in [7, 11) is 0. The number of hydrogen-bond donors (Lipinski definition) is 1. The van der Waals surface area contributed by atoms with Crippen LogP contribution in [0.1, 0.15) is 29.8 Å². The van der Waals surface area contributed by atoms with E-state index in [4.69, 9.17) is 15.2 Å². The van der Waals surface area contributed by atoms with Crippen molar-refractivity contribution in [3.05, 3.63) is 64.1 Å². The van der Waals surface area contributed by atoms with E-state index in [-0.39, 0.29) is 11.7 Å². The van der Waals surface area contributed by atoms with Crippen LogP contribution in [0.3, 0.4) is 0 Å². The molecule has 0 bridgehead atoms. The molecule has 1 aromatic heterocycles. The number of rotatable bonds is 2. The van der Waals surface area contributed by atoms with E-state index < -0.39 is 17.2 Å². The predicted molar refractivity (Wildman–Crippen MR) is 82.3 cm³/mol. The average molecular weight is 312 g/mol. The minimum Gasteiger partial charge on any atom is -0.484 e. The summed E-state index contributed by atoms with van der Waals surface area (Å²) in [6, 6.07) is 9.89. The van der Waals surface area contributed by atoms with Crippen LogP contribution in [-0.2, 0) is 10.5 Å². The van der Waals surface area contributed by atoms with E-state index in [1.807, 2.05) is 13.8 Å². The summed E-state index contributed by atoms with van der Waals surface area (Å²) >= 11 is 0. The molecule has 23 heavy (non-hydrogen) atoms. The van der Waals surface area contributed by atoms with Crippen LogP contribution in [0.5, 0.6) is 5.75 Å². The smallest absolute Gasteiger partial charge is 0.253 e. The Morgan fingerprint density at radius 2 is 2.04 bits per heavy atom. The Hall–Kier alpha value is -2.60. The van der Waals surface area contributed by atoms with Crippen LogP contribution in [0.4, 0.5) is 0 Å². The van der Waals surface area contributed by atoms with Gasteiger partial charge in [0.1, 0.15) is 11.4 Å². The lowest BCUT2D eigenvalue weighted by atomic mass is 9.88. The number of epoxide rings is 1. The number of pyridine rings is 1. The van der Waals surface area contributed by atoms with Crippen molar-refractivity contribution in [1.82, 2.24) is 4.57 Å². The maximum absolute atomic E-state index is 12.3. The first-order valence-electron chi connectivity index (χ1n) is 7.35. The van der Waals surface area contributed by atoms with E-state index in [0.717, 1.165) is 0 Å². The molecule has 3 heterocycles. The van der Waals surface area contributed by atoms with Gasteiger partial charge in [0.25, 0.3) is 5.56 Å². The summed E-state index contributed by atoms with van der Waals surface area (Å²) in [5, 5.41) is 0. The molecule has 0 aliphatic carbocycles. The zero-order valence-corrected chi connectivity index (χ0v) is 12.8. The van der Waals surface area contributed by atoms with E-state index in [1.165, 1.54) is 6.07 Å². The quantitative estimate of drug-likeness (QED) is 0.845. The Balaban J connectivity index is 2.00. The van der Waals surface area contributed by atoms with Crippen molar-refractivity contribution in [2.24, 2.45) is 5.73 Å². The first-order chi connectivity index (χ1) is 10.9. The second-order valence-electron chi connectivity index (χ2n) is 6.38. The van der Waals surface area contributed by atoms with Crippen molar-refractivity contribution in [2.45, 2.75) is 31.3 Å². The molecule has 1 amide bonds. The van der Waals surface area contributed by atoms with Gasteiger partial charge in [0.15, 0.2) is 6.10 Å². The number of hydrogen-bond acceptors (Lipinski definition) is 4. The van der Waals surface area contributed by atoms with Crippen LogP contribution in [0.25, 0.3) is 0 Å². The van der Waals surface area contributed by atoms with Gasteiger partial charge >= 0.3 is 0 Å². The molecule has 2 aliphatic heterocycles. The number of carbonyl (C=O) groups excluding carboxylic acids is 1. The van der Waals surface area contributed by atoms with Crippen molar-refractivity contribution < 1.29 is 14.3 Å². The monoisotopic (exact) mass is 312 g/mol. The molecule has 2 aliphatic rings. The van der Waals surface area contributed by atoms with Gasteiger partial charge in [-0.15, -0.1) is 0 Å². The molecule has 2 unspecified atom stereocenters. The third-order valence-corrected chi connectivity index (χ3v) is 4.43. The van der Waals surface area contributed by atoms with Crippen LogP contribution < -0.4 is 16.0 Å². The Bertz CT molecular complexity index is 886. The zero-order valence-electron chi connectivity index (χ0n) is 12.8. The molecule has 2 aromatic rings. The Morgan fingerprint density at radius 3 is 2.74 bits per heavy atom. The second kappa shape index (κ2) is 4.23. The number of amides is 1. The molecule has 4 rings (SSSR count). The number of carbonyl (C=O) groups is 1. The van der Waals surface area contributed by atoms with Crippen LogP contribution in [0.2, 0.25) is 0 Å². The van der Waals surface area contributed by atoms with Crippen LogP contribution in [-0.4, -0.2) is 22.2 Å². The van der Waals surface area contributed by atoms with Crippen LogP contribution in [0, 0.1) is 0 Å². The third-order valence-electron chi connectivity index (χ3n) is 4.43. The third kappa shape index (κ3) is 1.78. The number of aromatic nitrogens is 1. The van der Waals surface area contributed by atoms with Gasteiger partial charge in [-0.25, -0.2) is 0 Å².